The molecule has 3 heterocycles. The Kier molecular flexibility index (Phi) is 9.94. The van der Waals surface area contributed by atoms with Gasteiger partial charge in [-0.3, -0.25) is 9.69 Å². The first-order valence-electron chi connectivity index (χ1n) is 15.6. The van der Waals surface area contributed by atoms with Crippen molar-refractivity contribution in [3.05, 3.63) is 72.3 Å². The number of amides is 1. The monoisotopic (exact) mass is 625 g/mol. The highest BCUT2D eigenvalue weighted by Crippen LogP contribution is 2.36. The number of carbonyl (C=O) groups excluding carboxylic acids is 1. The first-order chi connectivity index (χ1) is 22.2. The second-order valence-electron chi connectivity index (χ2n) is 12.0. The van der Waals surface area contributed by atoms with Gasteiger partial charge in [-0.2, -0.15) is 10.4 Å². The van der Waals surface area contributed by atoms with Crippen LogP contribution in [0.5, 0.6) is 11.5 Å². The number of rotatable bonds is 11. The molecule has 1 saturated heterocycles. The van der Waals surface area contributed by atoms with Crippen LogP contribution in [0.2, 0.25) is 0 Å². The number of ether oxygens (including phenoxy) is 1. The number of halogens is 1. The third kappa shape index (κ3) is 6.85. The number of nitrogens with two attached hydrogens (primary N) is 2. The van der Waals surface area contributed by atoms with Crippen molar-refractivity contribution in [3.8, 4) is 28.8 Å². The lowest BCUT2D eigenvalue weighted by molar-refractivity contribution is -0.128. The first kappa shape index (κ1) is 32.5. The zero-order chi connectivity index (χ0) is 32.8. The third-order valence-corrected chi connectivity index (χ3v) is 8.28. The predicted octanol–water partition coefficient (Wildman–Crippen LogP) is 5.07. The van der Waals surface area contributed by atoms with E-state index in [1.807, 2.05) is 32.0 Å². The topological polar surface area (TPSA) is 152 Å². The summed E-state index contributed by atoms with van der Waals surface area (Å²) in [5, 5.41) is 15.3. The predicted molar refractivity (Wildman–Crippen MR) is 175 cm³/mol. The van der Waals surface area contributed by atoms with Gasteiger partial charge in [0.15, 0.2) is 5.65 Å². The largest absolute Gasteiger partial charge is 0.457 e. The van der Waals surface area contributed by atoms with Crippen molar-refractivity contribution in [3.63, 3.8) is 0 Å². The van der Waals surface area contributed by atoms with Crippen molar-refractivity contribution >= 4 is 22.8 Å². The summed E-state index contributed by atoms with van der Waals surface area (Å²) in [6.07, 6.45) is 5.40. The van der Waals surface area contributed by atoms with Crippen LogP contribution in [0, 0.1) is 17.1 Å². The summed E-state index contributed by atoms with van der Waals surface area (Å²) in [4.78, 5) is 26.2. The lowest BCUT2D eigenvalue weighted by Gasteiger charge is -2.37. The molecular weight excluding hydrogens is 585 g/mol. The van der Waals surface area contributed by atoms with Gasteiger partial charge < -0.3 is 21.1 Å². The molecule has 11 nitrogen and oxygen atoms in total. The Balaban J connectivity index is 1.44. The Hall–Kier alpha value is -4.86. The lowest BCUT2D eigenvalue weighted by atomic mass is 9.97. The van der Waals surface area contributed by atoms with Gasteiger partial charge in [0.25, 0.3) is 5.91 Å². The molecule has 46 heavy (non-hydrogen) atoms. The van der Waals surface area contributed by atoms with Gasteiger partial charge in [-0.25, -0.2) is 19.0 Å². The molecule has 4 aromatic rings. The number of nitriles is 1. The number of para-hydroxylation sites is 1. The zero-order valence-corrected chi connectivity index (χ0v) is 26.5. The maximum absolute atomic E-state index is 15.6. The van der Waals surface area contributed by atoms with Crippen LogP contribution in [0.4, 0.5) is 10.2 Å². The smallest absolute Gasteiger partial charge is 0.264 e. The maximum atomic E-state index is 15.6. The summed E-state index contributed by atoms with van der Waals surface area (Å²) < 4.78 is 23.1. The minimum Gasteiger partial charge on any atom is -0.457 e. The molecule has 0 aliphatic carbocycles. The molecule has 4 N–H and O–H groups in total. The highest BCUT2D eigenvalue weighted by Gasteiger charge is 2.32. The van der Waals surface area contributed by atoms with Crippen LogP contribution in [0.25, 0.3) is 22.3 Å². The van der Waals surface area contributed by atoms with Gasteiger partial charge in [0.1, 0.15) is 46.8 Å². The number of piperidine rings is 1. The van der Waals surface area contributed by atoms with Crippen LogP contribution < -0.4 is 16.2 Å². The van der Waals surface area contributed by atoms with Gasteiger partial charge >= 0.3 is 0 Å². The number of nitrogens with zero attached hydrogens (tertiary/aromatic N) is 7. The molecule has 2 aromatic carbocycles. The van der Waals surface area contributed by atoms with Crippen LogP contribution in [-0.2, 0) is 4.79 Å². The van der Waals surface area contributed by atoms with Gasteiger partial charge in [0.05, 0.1) is 11.4 Å². The van der Waals surface area contributed by atoms with Crippen LogP contribution in [0.3, 0.4) is 0 Å². The van der Waals surface area contributed by atoms with Crippen molar-refractivity contribution in [2.45, 2.75) is 51.6 Å². The highest BCUT2D eigenvalue weighted by atomic mass is 19.1. The Labute approximate surface area is 268 Å². The second kappa shape index (κ2) is 14.1. The average Bonchev–Trinajstić information content (AvgIpc) is 3.44. The van der Waals surface area contributed by atoms with E-state index >= 15 is 4.39 Å². The minimum absolute atomic E-state index is 0.0845. The Morgan fingerprint density at radius 3 is 2.67 bits per heavy atom. The molecule has 1 amide bonds. The summed E-state index contributed by atoms with van der Waals surface area (Å²) in [6.45, 7) is 8.78. The van der Waals surface area contributed by atoms with Crippen LogP contribution >= 0.6 is 0 Å². The molecular formula is C34H40FN9O2. The number of hydrogen-bond acceptors (Lipinski definition) is 9. The molecule has 1 atom stereocenters. The van der Waals surface area contributed by atoms with E-state index in [1.165, 1.54) is 12.4 Å². The summed E-state index contributed by atoms with van der Waals surface area (Å²) in [5.74, 6) is 0.222. The summed E-state index contributed by atoms with van der Waals surface area (Å²) in [6, 6.07) is 15.6. The van der Waals surface area contributed by atoms with Gasteiger partial charge in [0.2, 0.25) is 0 Å². The van der Waals surface area contributed by atoms with Crippen LogP contribution in [0.1, 0.15) is 46.1 Å². The van der Waals surface area contributed by atoms with Crippen molar-refractivity contribution in [2.24, 2.45) is 5.73 Å². The SMILES string of the molecule is CCCN(CCN)C(C)(C)/C=C(/C#N)C(=O)N1CCC[C@@H](n2nc(-c3ccc(Oc4ccccc4)cc3F)c3c(N)ncnc32)C1. The fourth-order valence-electron chi connectivity index (χ4n) is 6.02. The average molecular weight is 626 g/mol. The molecule has 1 aliphatic heterocycles. The Bertz CT molecular complexity index is 1760. The van der Waals surface area contributed by atoms with E-state index in [-0.39, 0.29) is 28.9 Å². The van der Waals surface area contributed by atoms with Crippen molar-refractivity contribution in [2.75, 3.05) is 38.5 Å². The quantitative estimate of drug-likeness (QED) is 0.172. The highest BCUT2D eigenvalue weighted by molar-refractivity contribution is 5.99. The molecule has 2 aromatic heterocycles. The number of likely N-dealkylation sites (tertiary alicyclic amines) is 1. The molecule has 240 valence electrons. The number of hydrogen-bond donors (Lipinski definition) is 2. The van der Waals surface area contributed by atoms with Gasteiger partial charge in [-0.15, -0.1) is 0 Å². The van der Waals surface area contributed by atoms with E-state index in [1.54, 1.807) is 39.9 Å². The number of carbonyl (C=O) groups is 1. The standard InChI is InChI=1S/C34H40FN9O2/c1-4-15-43(17-14-36)34(2,3)19-23(20-37)33(45)42-16-8-9-24(21-42)44-32-29(31(38)39-22-40-32)30(41-44)27-13-12-26(18-28(27)35)46-25-10-6-5-7-11-25/h5-7,10-13,18-19,22,24H,4,8-9,14-17,21,36H2,1-3H3,(H2,38,39,40)/b23-19-/t24-/m1/s1. The summed E-state index contributed by atoms with van der Waals surface area (Å²) in [5.41, 5.74) is 12.7. The second-order valence-corrected chi connectivity index (χ2v) is 12.0. The number of nitrogen functional groups attached to an aromatic ring is 1. The molecule has 0 saturated carbocycles. The molecule has 1 aliphatic rings. The molecule has 0 radical (unpaired) electrons. The molecule has 12 heteroatoms. The van der Waals surface area contributed by atoms with E-state index in [0.29, 0.717) is 67.2 Å². The molecule has 0 spiro atoms. The van der Waals surface area contributed by atoms with E-state index in [4.69, 9.17) is 21.3 Å². The normalized spacial score (nSPS) is 15.7. The van der Waals surface area contributed by atoms with Crippen LogP contribution in [-0.4, -0.2) is 73.7 Å². The van der Waals surface area contributed by atoms with Crippen LogP contribution in [0.15, 0.2) is 66.5 Å². The fraction of sp³-hybridized carbons (Fsp3) is 0.382. The van der Waals surface area contributed by atoms with E-state index in [2.05, 4.69) is 27.9 Å². The van der Waals surface area contributed by atoms with E-state index in [0.717, 1.165) is 13.0 Å². The van der Waals surface area contributed by atoms with E-state index < -0.39 is 11.4 Å². The van der Waals surface area contributed by atoms with E-state index in [9.17, 15) is 10.1 Å². The van der Waals surface area contributed by atoms with Gasteiger partial charge in [-0.1, -0.05) is 25.1 Å². The number of fused-ring (bicyclic) bond motifs is 1. The van der Waals surface area contributed by atoms with Crippen molar-refractivity contribution < 1.29 is 13.9 Å². The molecule has 1 fully saturated rings. The number of benzene rings is 2. The molecule has 5 rings (SSSR count). The number of anilines is 1. The number of aromatic nitrogens is 4. The minimum atomic E-state index is -0.543. The van der Waals surface area contributed by atoms with Crippen molar-refractivity contribution in [1.29, 1.82) is 5.26 Å². The van der Waals surface area contributed by atoms with Crippen molar-refractivity contribution in [1.82, 2.24) is 29.5 Å². The molecule has 0 bridgehead atoms. The summed E-state index contributed by atoms with van der Waals surface area (Å²) >= 11 is 0. The van der Waals surface area contributed by atoms with Gasteiger partial charge in [0, 0.05) is 43.3 Å². The lowest BCUT2D eigenvalue weighted by Crippen LogP contribution is -2.46. The Morgan fingerprint density at radius 2 is 1.98 bits per heavy atom. The maximum Gasteiger partial charge on any atom is 0.264 e. The van der Waals surface area contributed by atoms with Gasteiger partial charge in [-0.05, 0) is 70.0 Å². The zero-order valence-electron chi connectivity index (χ0n) is 26.5. The first-order valence-corrected chi connectivity index (χ1v) is 15.6. The molecule has 0 unspecified atom stereocenters. The Morgan fingerprint density at radius 1 is 1.20 bits per heavy atom. The third-order valence-electron chi connectivity index (χ3n) is 8.28. The fourth-order valence-corrected chi connectivity index (χ4v) is 6.02. The summed E-state index contributed by atoms with van der Waals surface area (Å²) in [7, 11) is 0.